The summed E-state index contributed by atoms with van der Waals surface area (Å²) in [6.45, 7) is 0. The van der Waals surface area contributed by atoms with E-state index in [4.69, 9.17) is 11.6 Å². The second kappa shape index (κ2) is 3.83. The predicted molar refractivity (Wildman–Crippen MR) is 41.1 cm³/mol. The molecule has 0 aliphatic carbocycles. The molecule has 72 valence electrons. The largest absolute Gasteiger partial charge is 0.445 e. The second-order valence-electron chi connectivity index (χ2n) is 2.19. The Kier molecular flexibility index (Phi) is 2.98. The van der Waals surface area contributed by atoms with Crippen molar-refractivity contribution in [2.45, 2.75) is 12.1 Å². The van der Waals surface area contributed by atoms with Gasteiger partial charge in [-0.3, -0.25) is 0 Å². The van der Waals surface area contributed by atoms with Crippen molar-refractivity contribution in [3.63, 3.8) is 0 Å². The van der Waals surface area contributed by atoms with Crippen LogP contribution in [-0.4, -0.2) is 11.2 Å². The van der Waals surface area contributed by atoms with Crippen molar-refractivity contribution in [1.82, 2.24) is 4.98 Å². The monoisotopic (exact) mass is 211 g/mol. The Balaban J connectivity index is 2.69. The van der Waals surface area contributed by atoms with Gasteiger partial charge in [0.25, 0.3) is 0 Å². The Labute approximate surface area is 77.0 Å². The van der Waals surface area contributed by atoms with Gasteiger partial charge in [-0.25, -0.2) is 4.98 Å². The summed E-state index contributed by atoms with van der Waals surface area (Å²) in [6.07, 6.45) is -2.34. The number of oxazole rings is 1. The number of nitrogens with zero attached hydrogens (tertiary/aromatic N) is 1. The van der Waals surface area contributed by atoms with Gasteiger partial charge in [-0.1, -0.05) is 0 Å². The van der Waals surface area contributed by atoms with Crippen LogP contribution in [-0.2, 0) is 5.88 Å². The normalized spacial score (nSPS) is 12.6. The first-order chi connectivity index (χ1) is 6.01. The van der Waals surface area contributed by atoms with Crippen molar-refractivity contribution in [3.05, 3.63) is 23.9 Å². The van der Waals surface area contributed by atoms with Crippen LogP contribution < -0.4 is 0 Å². The topological polar surface area (TPSA) is 26.0 Å². The molecule has 0 aliphatic rings. The molecule has 0 saturated heterocycles. The molecule has 0 fully saturated rings. The molecule has 0 amide bonds. The minimum atomic E-state index is -4.35. The van der Waals surface area contributed by atoms with Crippen molar-refractivity contribution in [2.24, 2.45) is 0 Å². The van der Waals surface area contributed by atoms with Crippen LogP contribution in [0.4, 0.5) is 13.2 Å². The van der Waals surface area contributed by atoms with Crippen molar-refractivity contribution in [2.75, 3.05) is 0 Å². The van der Waals surface area contributed by atoms with Crippen LogP contribution in [0.2, 0.25) is 0 Å². The fourth-order valence-corrected chi connectivity index (χ4v) is 0.749. The zero-order valence-electron chi connectivity index (χ0n) is 6.31. The average molecular weight is 212 g/mol. The third-order valence-corrected chi connectivity index (χ3v) is 1.40. The lowest BCUT2D eigenvalue weighted by atomic mass is 10.5. The Morgan fingerprint density at radius 2 is 2.23 bits per heavy atom. The van der Waals surface area contributed by atoms with Crippen LogP contribution in [0.25, 0.3) is 6.08 Å². The number of rotatable bonds is 2. The summed E-state index contributed by atoms with van der Waals surface area (Å²) >= 11 is 5.36. The number of allylic oxidation sites excluding steroid dienone is 1. The number of aromatic nitrogens is 1. The molecule has 0 N–H and O–H groups in total. The number of alkyl halides is 4. The lowest BCUT2D eigenvalue weighted by Crippen LogP contribution is -2.00. The van der Waals surface area contributed by atoms with E-state index in [1.807, 2.05) is 0 Å². The zero-order valence-corrected chi connectivity index (χ0v) is 7.06. The summed E-state index contributed by atoms with van der Waals surface area (Å²) in [5.74, 6) is 0.0107. The zero-order chi connectivity index (χ0) is 9.90. The third-order valence-electron chi connectivity index (χ3n) is 1.12. The van der Waals surface area contributed by atoms with Gasteiger partial charge in [0.05, 0.1) is 11.6 Å². The van der Waals surface area contributed by atoms with Crippen molar-refractivity contribution in [1.29, 1.82) is 0 Å². The molecule has 13 heavy (non-hydrogen) atoms. The van der Waals surface area contributed by atoms with Gasteiger partial charge < -0.3 is 4.42 Å². The summed E-state index contributed by atoms with van der Waals surface area (Å²) in [5.41, 5.74) is 0.406. The van der Waals surface area contributed by atoms with Crippen molar-refractivity contribution in [3.8, 4) is 0 Å². The van der Waals surface area contributed by atoms with Crippen LogP contribution in [0, 0.1) is 0 Å². The fourth-order valence-electron chi connectivity index (χ4n) is 0.626. The van der Waals surface area contributed by atoms with E-state index in [9.17, 15) is 13.2 Å². The highest BCUT2D eigenvalue weighted by Gasteiger charge is 2.22. The maximum atomic E-state index is 11.6. The smallest absolute Gasteiger partial charge is 0.409 e. The molecular formula is C7H5ClF3NO. The van der Waals surface area contributed by atoms with E-state index >= 15 is 0 Å². The highest BCUT2D eigenvalue weighted by Crippen LogP contribution is 2.18. The van der Waals surface area contributed by atoms with Crippen LogP contribution >= 0.6 is 11.6 Å². The minimum absolute atomic E-state index is 0.0524. The highest BCUT2D eigenvalue weighted by atomic mass is 35.5. The van der Waals surface area contributed by atoms with Gasteiger partial charge >= 0.3 is 6.18 Å². The van der Waals surface area contributed by atoms with Gasteiger partial charge in [0.15, 0.2) is 0 Å². The first-order valence-electron chi connectivity index (χ1n) is 3.27. The molecule has 6 heteroatoms. The van der Waals surface area contributed by atoms with E-state index in [-0.39, 0.29) is 17.8 Å². The van der Waals surface area contributed by atoms with Gasteiger partial charge in [0.2, 0.25) is 5.89 Å². The number of hydrogen-bond acceptors (Lipinski definition) is 2. The summed E-state index contributed by atoms with van der Waals surface area (Å²) in [6, 6.07) is 0. The van der Waals surface area contributed by atoms with Crippen molar-refractivity contribution >= 4 is 17.7 Å². The molecule has 1 aromatic rings. The van der Waals surface area contributed by atoms with Gasteiger partial charge in [-0.2, -0.15) is 13.2 Å². The third kappa shape index (κ3) is 3.50. The molecule has 2 nitrogen and oxygen atoms in total. The van der Waals surface area contributed by atoms with Crippen molar-refractivity contribution < 1.29 is 17.6 Å². The maximum Gasteiger partial charge on any atom is 0.409 e. The van der Waals surface area contributed by atoms with E-state index < -0.39 is 6.18 Å². The SMILES string of the molecule is FC(F)(F)/C=C/c1nc(CCl)co1. The van der Waals surface area contributed by atoms with Gasteiger partial charge in [-0.15, -0.1) is 11.6 Å². The van der Waals surface area contributed by atoms with Crippen LogP contribution in [0.15, 0.2) is 16.8 Å². The van der Waals surface area contributed by atoms with E-state index in [1.165, 1.54) is 6.26 Å². The summed E-state index contributed by atoms with van der Waals surface area (Å²) in [7, 11) is 0. The van der Waals surface area contributed by atoms with Gasteiger partial charge in [0.1, 0.15) is 6.26 Å². The van der Waals surface area contributed by atoms with E-state index in [1.54, 1.807) is 0 Å². The average Bonchev–Trinajstić information content (AvgIpc) is 2.47. The molecule has 0 unspecified atom stereocenters. The Hall–Kier alpha value is -0.970. The van der Waals surface area contributed by atoms with Crippen LogP contribution in [0.3, 0.4) is 0 Å². The second-order valence-corrected chi connectivity index (χ2v) is 2.45. The lowest BCUT2D eigenvalue weighted by Gasteiger charge is -1.94. The molecule has 0 atom stereocenters. The maximum absolute atomic E-state index is 11.6. The standard InChI is InChI=1S/C7H5ClF3NO/c8-3-5-4-13-6(12-5)1-2-7(9,10)11/h1-2,4H,3H2/b2-1+. The van der Waals surface area contributed by atoms with E-state index in [0.29, 0.717) is 5.69 Å². The van der Waals surface area contributed by atoms with E-state index in [0.717, 1.165) is 6.08 Å². The molecule has 0 aromatic carbocycles. The summed E-state index contributed by atoms with van der Waals surface area (Å²) in [5, 5.41) is 0. The molecule has 0 spiro atoms. The Bertz CT molecular complexity index is 305. The Morgan fingerprint density at radius 1 is 1.54 bits per heavy atom. The minimum Gasteiger partial charge on any atom is -0.445 e. The van der Waals surface area contributed by atoms with E-state index in [2.05, 4.69) is 9.40 Å². The molecule has 0 bridgehead atoms. The van der Waals surface area contributed by atoms with Gasteiger partial charge in [0, 0.05) is 12.2 Å². The number of hydrogen-bond donors (Lipinski definition) is 0. The summed E-state index contributed by atoms with van der Waals surface area (Å²) < 4.78 is 39.6. The number of halogens is 4. The van der Waals surface area contributed by atoms with Gasteiger partial charge in [-0.05, 0) is 0 Å². The molecule has 1 heterocycles. The fraction of sp³-hybridized carbons (Fsp3) is 0.286. The molecule has 0 saturated carbocycles. The first kappa shape index (κ1) is 10.1. The van der Waals surface area contributed by atoms with Crippen LogP contribution in [0.5, 0.6) is 0 Å². The molecular weight excluding hydrogens is 207 g/mol. The molecule has 0 radical (unpaired) electrons. The van der Waals surface area contributed by atoms with Crippen LogP contribution in [0.1, 0.15) is 11.6 Å². The molecule has 1 rings (SSSR count). The highest BCUT2D eigenvalue weighted by molar-refractivity contribution is 6.16. The Morgan fingerprint density at radius 3 is 2.69 bits per heavy atom. The molecule has 1 aromatic heterocycles. The quantitative estimate of drug-likeness (QED) is 0.703. The summed E-state index contributed by atoms with van der Waals surface area (Å²) in [4.78, 5) is 3.65. The first-order valence-corrected chi connectivity index (χ1v) is 3.81. The predicted octanol–water partition coefficient (Wildman–Crippen LogP) is 2.99. The lowest BCUT2D eigenvalue weighted by molar-refractivity contribution is -0.0791. The molecule has 0 aliphatic heterocycles.